The van der Waals surface area contributed by atoms with E-state index in [1.165, 1.54) is 22.2 Å². The van der Waals surface area contributed by atoms with Gasteiger partial charge in [0.05, 0.1) is 18.3 Å². The van der Waals surface area contributed by atoms with E-state index in [1.807, 2.05) is 36.6 Å². The van der Waals surface area contributed by atoms with E-state index in [4.69, 9.17) is 4.74 Å². The van der Waals surface area contributed by atoms with Crippen molar-refractivity contribution in [3.63, 3.8) is 0 Å². The molecule has 2 aromatic carbocycles. The van der Waals surface area contributed by atoms with E-state index in [9.17, 15) is 9.59 Å². The lowest BCUT2D eigenvalue weighted by molar-refractivity contribution is -0.116. The molecule has 152 valence electrons. The van der Waals surface area contributed by atoms with Crippen LogP contribution >= 0.6 is 27.3 Å². The lowest BCUT2D eigenvalue weighted by Gasteiger charge is -2.09. The number of aromatic nitrogens is 2. The zero-order chi connectivity index (χ0) is 21.1. The molecule has 0 saturated heterocycles. The Bertz CT molecular complexity index is 1250. The van der Waals surface area contributed by atoms with Crippen LogP contribution in [-0.2, 0) is 11.3 Å². The molecule has 0 bridgehead atoms. The Morgan fingerprint density at radius 3 is 2.60 bits per heavy atom. The van der Waals surface area contributed by atoms with Gasteiger partial charge in [0.25, 0.3) is 5.56 Å². The summed E-state index contributed by atoms with van der Waals surface area (Å²) in [7, 11) is 0. The molecule has 1 N–H and O–H groups in total. The van der Waals surface area contributed by atoms with Crippen LogP contribution in [0.15, 0.2) is 69.5 Å². The number of halogens is 1. The fraction of sp³-hybridized carbons (Fsp3) is 0.136. The third-order valence-corrected chi connectivity index (χ3v) is 5.89. The van der Waals surface area contributed by atoms with Gasteiger partial charge in [-0.15, -0.1) is 11.3 Å². The predicted octanol–water partition coefficient (Wildman–Crippen LogP) is 4.92. The third-order valence-electron chi connectivity index (χ3n) is 4.48. The summed E-state index contributed by atoms with van der Waals surface area (Å²) >= 11 is 4.84. The Balaban J connectivity index is 1.57. The normalized spacial score (nSPS) is 10.9. The van der Waals surface area contributed by atoms with Gasteiger partial charge in [-0.05, 0) is 48.9 Å². The Morgan fingerprint density at radius 2 is 1.90 bits per heavy atom. The Hall–Kier alpha value is -2.97. The molecule has 0 radical (unpaired) electrons. The molecular weight excluding hydrogens is 466 g/mol. The van der Waals surface area contributed by atoms with Crippen molar-refractivity contribution < 1.29 is 9.53 Å². The van der Waals surface area contributed by atoms with Crippen LogP contribution in [0, 0.1) is 0 Å². The molecule has 0 spiro atoms. The number of hydrogen-bond donors (Lipinski definition) is 1. The van der Waals surface area contributed by atoms with Crippen LogP contribution < -0.4 is 15.6 Å². The maximum Gasteiger partial charge on any atom is 0.263 e. The summed E-state index contributed by atoms with van der Waals surface area (Å²) in [6.45, 7) is 2.37. The number of carbonyl (C=O) groups is 1. The maximum atomic E-state index is 13.1. The smallest absolute Gasteiger partial charge is 0.263 e. The summed E-state index contributed by atoms with van der Waals surface area (Å²) in [5, 5.41) is 5.25. The van der Waals surface area contributed by atoms with Crippen LogP contribution in [0.2, 0.25) is 0 Å². The van der Waals surface area contributed by atoms with E-state index in [-0.39, 0.29) is 18.0 Å². The summed E-state index contributed by atoms with van der Waals surface area (Å²) in [6.07, 6.45) is 1.42. The van der Waals surface area contributed by atoms with Crippen molar-refractivity contribution in [2.24, 2.45) is 0 Å². The second-order valence-electron chi connectivity index (χ2n) is 6.52. The Morgan fingerprint density at radius 1 is 1.17 bits per heavy atom. The first-order valence-corrected chi connectivity index (χ1v) is 11.0. The van der Waals surface area contributed by atoms with E-state index in [2.05, 4.69) is 26.2 Å². The molecule has 0 fully saturated rings. The number of rotatable bonds is 6. The number of hydrogen-bond acceptors (Lipinski definition) is 5. The second kappa shape index (κ2) is 8.81. The van der Waals surface area contributed by atoms with Crippen LogP contribution in [0.25, 0.3) is 21.3 Å². The standard InChI is InChI=1S/C22H18BrN3O3S/c1-2-29-17-9-7-16(8-10-17)25-19(27)11-26-13-24-21-20(22(26)28)18(12-30-21)14-3-5-15(23)6-4-14/h3-10,12-13H,2,11H2,1H3,(H,25,27). The molecule has 1 amide bonds. The molecule has 2 aromatic heterocycles. The fourth-order valence-electron chi connectivity index (χ4n) is 3.08. The molecule has 30 heavy (non-hydrogen) atoms. The average molecular weight is 484 g/mol. The first-order valence-electron chi connectivity index (χ1n) is 9.30. The van der Waals surface area contributed by atoms with Gasteiger partial charge in [0, 0.05) is 21.1 Å². The largest absolute Gasteiger partial charge is 0.494 e. The van der Waals surface area contributed by atoms with Gasteiger partial charge >= 0.3 is 0 Å². The van der Waals surface area contributed by atoms with Gasteiger partial charge in [0.2, 0.25) is 5.91 Å². The molecule has 8 heteroatoms. The van der Waals surface area contributed by atoms with Crippen molar-refractivity contribution in [3.05, 3.63) is 75.1 Å². The van der Waals surface area contributed by atoms with E-state index in [0.717, 1.165) is 21.3 Å². The molecule has 0 unspecified atom stereocenters. The highest BCUT2D eigenvalue weighted by molar-refractivity contribution is 9.10. The van der Waals surface area contributed by atoms with Gasteiger partial charge in [0.1, 0.15) is 17.1 Å². The first kappa shape index (κ1) is 20.3. The van der Waals surface area contributed by atoms with Crippen LogP contribution in [0.1, 0.15) is 6.92 Å². The number of fused-ring (bicyclic) bond motifs is 1. The molecule has 0 aliphatic carbocycles. The molecule has 0 atom stereocenters. The zero-order valence-electron chi connectivity index (χ0n) is 16.1. The molecule has 6 nitrogen and oxygen atoms in total. The van der Waals surface area contributed by atoms with Crippen LogP contribution in [0.3, 0.4) is 0 Å². The minimum Gasteiger partial charge on any atom is -0.494 e. The summed E-state index contributed by atoms with van der Waals surface area (Å²) in [5.41, 5.74) is 2.15. The van der Waals surface area contributed by atoms with Crippen molar-refractivity contribution in [2.45, 2.75) is 13.5 Å². The van der Waals surface area contributed by atoms with Gasteiger partial charge < -0.3 is 10.1 Å². The number of carbonyl (C=O) groups excluding carboxylic acids is 1. The van der Waals surface area contributed by atoms with Crippen molar-refractivity contribution in [1.82, 2.24) is 9.55 Å². The molecular formula is C22H18BrN3O3S. The lowest BCUT2D eigenvalue weighted by atomic mass is 10.1. The summed E-state index contributed by atoms with van der Waals surface area (Å²) in [6, 6.07) is 14.8. The van der Waals surface area contributed by atoms with Gasteiger partial charge in [-0.25, -0.2) is 4.98 Å². The second-order valence-corrected chi connectivity index (χ2v) is 8.29. The molecule has 2 heterocycles. The number of amides is 1. The molecule has 0 aliphatic rings. The lowest BCUT2D eigenvalue weighted by Crippen LogP contribution is -2.27. The minimum absolute atomic E-state index is 0.120. The number of ether oxygens (including phenoxy) is 1. The van der Waals surface area contributed by atoms with Crippen molar-refractivity contribution >= 4 is 49.1 Å². The minimum atomic E-state index is -0.303. The van der Waals surface area contributed by atoms with Crippen molar-refractivity contribution in [1.29, 1.82) is 0 Å². The monoisotopic (exact) mass is 483 g/mol. The maximum absolute atomic E-state index is 13.1. The topological polar surface area (TPSA) is 73.2 Å². The van der Waals surface area contributed by atoms with Crippen molar-refractivity contribution in [3.8, 4) is 16.9 Å². The van der Waals surface area contributed by atoms with Gasteiger partial charge in [0.15, 0.2) is 0 Å². The Labute approximate surface area is 185 Å². The van der Waals surface area contributed by atoms with E-state index < -0.39 is 0 Å². The molecule has 4 rings (SSSR count). The summed E-state index contributed by atoms with van der Waals surface area (Å²) < 4.78 is 7.70. The average Bonchev–Trinajstić information content (AvgIpc) is 3.17. The molecule has 0 aliphatic heterocycles. The third kappa shape index (κ3) is 4.29. The quantitative estimate of drug-likeness (QED) is 0.422. The van der Waals surface area contributed by atoms with E-state index in [0.29, 0.717) is 22.5 Å². The summed E-state index contributed by atoms with van der Waals surface area (Å²) in [4.78, 5) is 30.6. The highest BCUT2D eigenvalue weighted by atomic mass is 79.9. The molecule has 0 saturated carbocycles. The number of benzene rings is 2. The van der Waals surface area contributed by atoms with Gasteiger partial charge in [-0.3, -0.25) is 14.2 Å². The van der Waals surface area contributed by atoms with Crippen molar-refractivity contribution in [2.75, 3.05) is 11.9 Å². The van der Waals surface area contributed by atoms with Crippen LogP contribution in [0.5, 0.6) is 5.75 Å². The van der Waals surface area contributed by atoms with Gasteiger partial charge in [-0.1, -0.05) is 28.1 Å². The number of nitrogens with zero attached hydrogens (tertiary/aromatic N) is 2. The number of thiophene rings is 1. The highest BCUT2D eigenvalue weighted by Gasteiger charge is 2.15. The summed E-state index contributed by atoms with van der Waals surface area (Å²) in [5.74, 6) is 0.433. The van der Waals surface area contributed by atoms with E-state index >= 15 is 0 Å². The highest BCUT2D eigenvalue weighted by Crippen LogP contribution is 2.31. The Kier molecular flexibility index (Phi) is 5.96. The predicted molar refractivity (Wildman–Crippen MR) is 123 cm³/mol. The fourth-order valence-corrected chi connectivity index (χ4v) is 4.25. The van der Waals surface area contributed by atoms with Crippen LogP contribution in [0.4, 0.5) is 5.69 Å². The van der Waals surface area contributed by atoms with E-state index in [1.54, 1.807) is 24.3 Å². The zero-order valence-corrected chi connectivity index (χ0v) is 18.5. The molecule has 4 aromatic rings. The van der Waals surface area contributed by atoms with Crippen LogP contribution in [-0.4, -0.2) is 22.1 Å². The number of nitrogens with one attached hydrogen (secondary N) is 1. The van der Waals surface area contributed by atoms with Gasteiger partial charge in [-0.2, -0.15) is 0 Å². The first-order chi connectivity index (χ1) is 14.5. The number of anilines is 1. The SMILES string of the molecule is CCOc1ccc(NC(=O)Cn2cnc3scc(-c4ccc(Br)cc4)c3c2=O)cc1.